The standard InChI is InChI=1S/C16H20O3/c17-11-3-1-9-7-8-5-6-16-10(8)2-4-12(18)15(16)19-14(11)13(9)16/h8,10,12,15,17-18H,1-7H2/t8?,10?,12?,15?,16-/m0/s1. The zero-order valence-corrected chi connectivity index (χ0v) is 11.1. The number of hydrogen-bond donors (Lipinski definition) is 2. The van der Waals surface area contributed by atoms with Gasteiger partial charge in [-0.3, -0.25) is 0 Å². The molecular weight excluding hydrogens is 240 g/mol. The van der Waals surface area contributed by atoms with Crippen LogP contribution in [0.25, 0.3) is 0 Å². The molecule has 0 radical (unpaired) electrons. The molecule has 0 aromatic carbocycles. The summed E-state index contributed by atoms with van der Waals surface area (Å²) in [6.07, 6.45) is 6.93. The molecule has 19 heavy (non-hydrogen) atoms. The molecule has 1 saturated heterocycles. The number of hydrogen-bond acceptors (Lipinski definition) is 3. The van der Waals surface area contributed by atoms with Crippen molar-refractivity contribution in [2.24, 2.45) is 17.3 Å². The fourth-order valence-corrected chi connectivity index (χ4v) is 5.93. The van der Waals surface area contributed by atoms with Crippen LogP contribution < -0.4 is 0 Å². The van der Waals surface area contributed by atoms with Crippen molar-refractivity contribution in [2.45, 2.75) is 57.2 Å². The van der Waals surface area contributed by atoms with Crippen molar-refractivity contribution in [3.63, 3.8) is 0 Å². The Labute approximate surface area is 113 Å². The van der Waals surface area contributed by atoms with Gasteiger partial charge >= 0.3 is 0 Å². The summed E-state index contributed by atoms with van der Waals surface area (Å²) in [5.74, 6) is 2.68. The molecule has 1 aliphatic heterocycles. The van der Waals surface area contributed by atoms with Gasteiger partial charge in [0.05, 0.1) is 6.10 Å². The van der Waals surface area contributed by atoms with Crippen LogP contribution in [0.2, 0.25) is 0 Å². The van der Waals surface area contributed by atoms with Crippen molar-refractivity contribution in [1.82, 2.24) is 0 Å². The largest absolute Gasteiger partial charge is 0.508 e. The smallest absolute Gasteiger partial charge is 0.161 e. The first-order chi connectivity index (χ1) is 9.22. The molecule has 3 fully saturated rings. The first-order valence-corrected chi connectivity index (χ1v) is 7.71. The second-order valence-electron chi connectivity index (χ2n) is 7.09. The summed E-state index contributed by atoms with van der Waals surface area (Å²) in [5.41, 5.74) is 2.92. The van der Waals surface area contributed by atoms with E-state index in [0.717, 1.165) is 43.8 Å². The lowest BCUT2D eigenvalue weighted by Crippen LogP contribution is -2.50. The van der Waals surface area contributed by atoms with Gasteiger partial charge < -0.3 is 14.9 Å². The molecule has 0 amide bonds. The fourth-order valence-electron chi connectivity index (χ4n) is 5.93. The molecule has 1 heterocycles. The van der Waals surface area contributed by atoms with E-state index in [1.54, 1.807) is 0 Å². The minimum Gasteiger partial charge on any atom is -0.508 e. The van der Waals surface area contributed by atoms with Gasteiger partial charge in [0.25, 0.3) is 0 Å². The average molecular weight is 260 g/mol. The lowest BCUT2D eigenvalue weighted by atomic mass is 9.56. The molecule has 0 aromatic rings. The molecule has 2 bridgehead atoms. The van der Waals surface area contributed by atoms with E-state index >= 15 is 0 Å². The van der Waals surface area contributed by atoms with Crippen molar-refractivity contribution in [3.05, 3.63) is 22.7 Å². The second kappa shape index (κ2) is 3.20. The zero-order valence-electron chi connectivity index (χ0n) is 11.1. The Morgan fingerprint density at radius 2 is 2.05 bits per heavy atom. The van der Waals surface area contributed by atoms with Gasteiger partial charge in [-0.05, 0) is 50.4 Å². The molecule has 2 N–H and O–H groups in total. The van der Waals surface area contributed by atoms with Crippen molar-refractivity contribution in [1.29, 1.82) is 0 Å². The number of rotatable bonds is 0. The summed E-state index contributed by atoms with van der Waals surface area (Å²) < 4.78 is 6.12. The van der Waals surface area contributed by atoms with E-state index in [2.05, 4.69) is 0 Å². The maximum atomic E-state index is 10.4. The molecule has 2 saturated carbocycles. The SMILES string of the molecule is OC1=C2OC3C(O)CCC4C5CC[C@@]43C2=C(CC1)C5. The Morgan fingerprint density at radius 3 is 2.95 bits per heavy atom. The van der Waals surface area contributed by atoms with E-state index < -0.39 is 0 Å². The third-order valence-corrected chi connectivity index (χ3v) is 6.52. The highest BCUT2D eigenvalue weighted by molar-refractivity contribution is 5.51. The monoisotopic (exact) mass is 260 g/mol. The van der Waals surface area contributed by atoms with Crippen LogP contribution in [0, 0.1) is 17.3 Å². The maximum Gasteiger partial charge on any atom is 0.161 e. The molecule has 102 valence electrons. The number of aliphatic hydroxyl groups is 2. The van der Waals surface area contributed by atoms with Crippen LogP contribution in [0.15, 0.2) is 22.7 Å². The molecule has 3 heteroatoms. The highest BCUT2D eigenvalue weighted by atomic mass is 16.5. The molecule has 5 aliphatic rings. The van der Waals surface area contributed by atoms with Gasteiger partial charge in [0.15, 0.2) is 5.76 Å². The van der Waals surface area contributed by atoms with Crippen LogP contribution >= 0.6 is 0 Å². The predicted molar refractivity (Wildman–Crippen MR) is 69.3 cm³/mol. The van der Waals surface area contributed by atoms with Crippen LogP contribution in [0.4, 0.5) is 0 Å². The molecule has 4 aliphatic carbocycles. The summed E-state index contributed by atoms with van der Waals surface area (Å²) in [7, 11) is 0. The number of ether oxygens (including phenoxy) is 1. The topological polar surface area (TPSA) is 49.7 Å². The molecule has 4 unspecified atom stereocenters. The van der Waals surface area contributed by atoms with Gasteiger partial charge in [-0.2, -0.15) is 0 Å². The van der Waals surface area contributed by atoms with Crippen molar-refractivity contribution >= 4 is 0 Å². The Morgan fingerprint density at radius 1 is 1.16 bits per heavy atom. The third-order valence-electron chi connectivity index (χ3n) is 6.52. The minimum atomic E-state index is -0.354. The van der Waals surface area contributed by atoms with Crippen LogP contribution in [-0.2, 0) is 4.74 Å². The van der Waals surface area contributed by atoms with E-state index in [4.69, 9.17) is 4.74 Å². The maximum absolute atomic E-state index is 10.4. The summed E-state index contributed by atoms with van der Waals surface area (Å²) in [4.78, 5) is 0. The fraction of sp³-hybridized carbons (Fsp3) is 0.750. The molecular formula is C16H20O3. The van der Waals surface area contributed by atoms with Gasteiger partial charge in [-0.25, -0.2) is 0 Å². The lowest BCUT2D eigenvalue weighted by molar-refractivity contribution is -0.0848. The quantitative estimate of drug-likeness (QED) is 0.704. The van der Waals surface area contributed by atoms with Crippen molar-refractivity contribution in [3.8, 4) is 0 Å². The van der Waals surface area contributed by atoms with Gasteiger partial charge in [0, 0.05) is 17.4 Å². The molecule has 3 nitrogen and oxygen atoms in total. The number of aliphatic hydroxyl groups excluding tert-OH is 2. The molecule has 5 atom stereocenters. The third kappa shape index (κ3) is 1.03. The summed E-state index contributed by atoms with van der Waals surface area (Å²) in [6, 6.07) is 0. The van der Waals surface area contributed by atoms with Gasteiger partial charge in [0.2, 0.25) is 0 Å². The highest BCUT2D eigenvalue weighted by Gasteiger charge is 2.67. The van der Waals surface area contributed by atoms with E-state index in [1.165, 1.54) is 24.0 Å². The van der Waals surface area contributed by atoms with Crippen molar-refractivity contribution in [2.75, 3.05) is 0 Å². The Hall–Kier alpha value is -0.960. The average Bonchev–Trinajstić information content (AvgIpc) is 2.89. The zero-order chi connectivity index (χ0) is 12.8. The summed E-state index contributed by atoms with van der Waals surface area (Å²) >= 11 is 0. The van der Waals surface area contributed by atoms with Crippen LogP contribution in [0.5, 0.6) is 0 Å². The Kier molecular flexibility index (Phi) is 1.81. The first-order valence-electron chi connectivity index (χ1n) is 7.71. The molecule has 5 rings (SSSR count). The first kappa shape index (κ1) is 10.8. The minimum absolute atomic E-state index is 0.0552. The van der Waals surface area contributed by atoms with Crippen LogP contribution in [0.3, 0.4) is 0 Å². The highest BCUT2D eigenvalue weighted by Crippen LogP contribution is 2.70. The van der Waals surface area contributed by atoms with E-state index in [1.807, 2.05) is 0 Å². The Balaban J connectivity index is 1.80. The lowest BCUT2D eigenvalue weighted by Gasteiger charge is -2.47. The molecule has 0 aromatic heterocycles. The van der Waals surface area contributed by atoms with Crippen molar-refractivity contribution < 1.29 is 14.9 Å². The summed E-state index contributed by atoms with van der Waals surface area (Å²) in [6.45, 7) is 0. The normalized spacial score (nSPS) is 50.4. The van der Waals surface area contributed by atoms with Crippen LogP contribution in [-0.4, -0.2) is 22.4 Å². The second-order valence-corrected chi connectivity index (χ2v) is 7.09. The summed E-state index contributed by atoms with van der Waals surface area (Å²) in [5, 5.41) is 20.6. The number of allylic oxidation sites excluding steroid dienone is 3. The predicted octanol–water partition coefficient (Wildman–Crippen LogP) is 2.82. The molecule has 1 spiro atoms. The van der Waals surface area contributed by atoms with Gasteiger partial charge in [-0.15, -0.1) is 0 Å². The van der Waals surface area contributed by atoms with E-state index in [9.17, 15) is 10.2 Å². The van der Waals surface area contributed by atoms with Gasteiger partial charge in [0.1, 0.15) is 11.9 Å². The van der Waals surface area contributed by atoms with E-state index in [-0.39, 0.29) is 17.6 Å². The van der Waals surface area contributed by atoms with Gasteiger partial charge in [-0.1, -0.05) is 5.57 Å². The van der Waals surface area contributed by atoms with E-state index in [0.29, 0.717) is 11.7 Å². The van der Waals surface area contributed by atoms with Crippen LogP contribution in [0.1, 0.15) is 44.9 Å². The Bertz CT molecular complexity index is 532.